The van der Waals surface area contributed by atoms with Crippen LogP contribution < -0.4 is 5.32 Å². The van der Waals surface area contributed by atoms with Crippen molar-refractivity contribution in [1.29, 1.82) is 0 Å². The molecule has 1 atom stereocenters. The number of halogens is 1. The average molecular weight is 290 g/mol. The van der Waals surface area contributed by atoms with Crippen molar-refractivity contribution in [3.8, 4) is 0 Å². The van der Waals surface area contributed by atoms with Crippen LogP contribution in [-0.4, -0.2) is 16.5 Å². The SMILES string of the molecule is CCCNC(Cc1cccc(Cl)c1)c1ccnc(C)n1. The third-order valence-corrected chi connectivity index (χ3v) is 3.36. The molecule has 0 spiro atoms. The summed E-state index contributed by atoms with van der Waals surface area (Å²) in [5, 5.41) is 4.32. The van der Waals surface area contributed by atoms with Crippen LogP contribution in [0.25, 0.3) is 0 Å². The molecule has 0 saturated heterocycles. The molecule has 4 heteroatoms. The smallest absolute Gasteiger partial charge is 0.125 e. The van der Waals surface area contributed by atoms with Crippen LogP contribution in [0, 0.1) is 6.92 Å². The first-order chi connectivity index (χ1) is 9.69. The first-order valence-corrected chi connectivity index (χ1v) is 7.34. The van der Waals surface area contributed by atoms with E-state index in [0.717, 1.165) is 35.9 Å². The second-order valence-electron chi connectivity index (χ2n) is 4.87. The Morgan fingerprint density at radius 2 is 2.15 bits per heavy atom. The fourth-order valence-corrected chi connectivity index (χ4v) is 2.38. The van der Waals surface area contributed by atoms with Crippen LogP contribution in [-0.2, 0) is 6.42 Å². The quantitative estimate of drug-likeness (QED) is 0.881. The van der Waals surface area contributed by atoms with Crippen molar-refractivity contribution in [2.24, 2.45) is 0 Å². The van der Waals surface area contributed by atoms with Crippen molar-refractivity contribution >= 4 is 11.6 Å². The third kappa shape index (κ3) is 4.29. The van der Waals surface area contributed by atoms with Crippen LogP contribution in [0.1, 0.15) is 36.5 Å². The van der Waals surface area contributed by atoms with Gasteiger partial charge in [-0.15, -0.1) is 0 Å². The number of aromatic nitrogens is 2. The van der Waals surface area contributed by atoms with E-state index in [-0.39, 0.29) is 6.04 Å². The number of nitrogens with zero attached hydrogens (tertiary/aromatic N) is 2. The number of benzene rings is 1. The first kappa shape index (κ1) is 14.9. The van der Waals surface area contributed by atoms with Gasteiger partial charge in [-0.1, -0.05) is 30.7 Å². The minimum atomic E-state index is 0.190. The maximum atomic E-state index is 6.06. The zero-order chi connectivity index (χ0) is 14.4. The summed E-state index contributed by atoms with van der Waals surface area (Å²) in [4.78, 5) is 8.70. The van der Waals surface area contributed by atoms with Gasteiger partial charge in [0.2, 0.25) is 0 Å². The molecule has 1 N–H and O–H groups in total. The Hall–Kier alpha value is -1.45. The Morgan fingerprint density at radius 3 is 2.85 bits per heavy atom. The molecule has 0 bridgehead atoms. The lowest BCUT2D eigenvalue weighted by atomic mass is 10.0. The summed E-state index contributed by atoms with van der Waals surface area (Å²) in [6, 6.07) is 10.2. The molecule has 106 valence electrons. The summed E-state index contributed by atoms with van der Waals surface area (Å²) >= 11 is 6.06. The van der Waals surface area contributed by atoms with E-state index in [4.69, 9.17) is 11.6 Å². The maximum Gasteiger partial charge on any atom is 0.125 e. The summed E-state index contributed by atoms with van der Waals surface area (Å²) in [6.07, 6.45) is 3.78. The first-order valence-electron chi connectivity index (χ1n) is 6.96. The molecule has 20 heavy (non-hydrogen) atoms. The van der Waals surface area contributed by atoms with Crippen molar-refractivity contribution < 1.29 is 0 Å². The van der Waals surface area contributed by atoms with Gasteiger partial charge in [0.1, 0.15) is 5.82 Å². The molecule has 0 fully saturated rings. The van der Waals surface area contributed by atoms with Crippen LogP contribution in [0.15, 0.2) is 36.5 Å². The van der Waals surface area contributed by atoms with Gasteiger partial charge in [-0.25, -0.2) is 9.97 Å². The van der Waals surface area contributed by atoms with E-state index in [9.17, 15) is 0 Å². The van der Waals surface area contributed by atoms with E-state index in [2.05, 4.69) is 28.3 Å². The molecule has 1 aromatic heterocycles. The summed E-state index contributed by atoms with van der Waals surface area (Å²) in [5.41, 5.74) is 2.24. The van der Waals surface area contributed by atoms with Crippen molar-refractivity contribution in [1.82, 2.24) is 15.3 Å². The second kappa shape index (κ2) is 7.36. The van der Waals surface area contributed by atoms with Gasteiger partial charge in [0.05, 0.1) is 11.7 Å². The Labute approximate surface area is 125 Å². The van der Waals surface area contributed by atoms with Gasteiger partial charge in [0.25, 0.3) is 0 Å². The molecule has 3 nitrogen and oxygen atoms in total. The minimum absolute atomic E-state index is 0.190. The number of hydrogen-bond acceptors (Lipinski definition) is 3. The fourth-order valence-electron chi connectivity index (χ4n) is 2.17. The highest BCUT2D eigenvalue weighted by molar-refractivity contribution is 6.30. The van der Waals surface area contributed by atoms with E-state index in [1.165, 1.54) is 5.56 Å². The van der Waals surface area contributed by atoms with Crippen LogP contribution >= 0.6 is 11.6 Å². The third-order valence-electron chi connectivity index (χ3n) is 3.12. The van der Waals surface area contributed by atoms with Crippen LogP contribution in [0.5, 0.6) is 0 Å². The van der Waals surface area contributed by atoms with Gasteiger partial charge in [0.15, 0.2) is 0 Å². The zero-order valence-corrected chi connectivity index (χ0v) is 12.7. The molecule has 1 heterocycles. The molecule has 1 unspecified atom stereocenters. The zero-order valence-electron chi connectivity index (χ0n) is 11.9. The van der Waals surface area contributed by atoms with Gasteiger partial charge in [-0.3, -0.25) is 0 Å². The van der Waals surface area contributed by atoms with Gasteiger partial charge in [-0.05, 0) is 50.1 Å². The Bertz CT molecular complexity index is 557. The highest BCUT2D eigenvalue weighted by Gasteiger charge is 2.13. The summed E-state index contributed by atoms with van der Waals surface area (Å²) in [7, 11) is 0. The monoisotopic (exact) mass is 289 g/mol. The fraction of sp³-hybridized carbons (Fsp3) is 0.375. The Balaban J connectivity index is 2.19. The predicted octanol–water partition coefficient (Wildman–Crippen LogP) is 3.72. The highest BCUT2D eigenvalue weighted by Crippen LogP contribution is 2.19. The molecular weight excluding hydrogens is 270 g/mol. The molecule has 0 aliphatic rings. The molecule has 0 aliphatic carbocycles. The second-order valence-corrected chi connectivity index (χ2v) is 5.31. The van der Waals surface area contributed by atoms with Crippen LogP contribution in [0.4, 0.5) is 0 Å². The van der Waals surface area contributed by atoms with E-state index >= 15 is 0 Å². The number of rotatable bonds is 6. The van der Waals surface area contributed by atoms with Crippen molar-refractivity contribution in [3.63, 3.8) is 0 Å². The predicted molar refractivity (Wildman–Crippen MR) is 83.0 cm³/mol. The molecule has 2 aromatic rings. The summed E-state index contributed by atoms with van der Waals surface area (Å²) < 4.78 is 0. The topological polar surface area (TPSA) is 37.8 Å². The molecule has 0 radical (unpaired) electrons. The number of hydrogen-bond donors (Lipinski definition) is 1. The van der Waals surface area contributed by atoms with Crippen molar-refractivity contribution in [2.45, 2.75) is 32.7 Å². The van der Waals surface area contributed by atoms with Gasteiger partial charge in [0, 0.05) is 11.2 Å². The van der Waals surface area contributed by atoms with Crippen LogP contribution in [0.3, 0.4) is 0 Å². The minimum Gasteiger partial charge on any atom is -0.308 e. The van der Waals surface area contributed by atoms with Crippen molar-refractivity contribution in [3.05, 3.63) is 58.6 Å². The molecular formula is C16H20ClN3. The lowest BCUT2D eigenvalue weighted by Gasteiger charge is -2.18. The van der Waals surface area contributed by atoms with Gasteiger partial charge < -0.3 is 5.32 Å². The average Bonchev–Trinajstić information content (AvgIpc) is 2.43. The van der Waals surface area contributed by atoms with E-state index in [1.807, 2.05) is 37.4 Å². The maximum absolute atomic E-state index is 6.06. The molecule has 0 saturated carbocycles. The van der Waals surface area contributed by atoms with Gasteiger partial charge >= 0.3 is 0 Å². The molecule has 0 amide bonds. The summed E-state index contributed by atoms with van der Waals surface area (Å²) in [6.45, 7) is 5.04. The number of nitrogens with one attached hydrogen (secondary N) is 1. The highest BCUT2D eigenvalue weighted by atomic mass is 35.5. The molecule has 0 aliphatic heterocycles. The normalized spacial score (nSPS) is 12.3. The largest absolute Gasteiger partial charge is 0.308 e. The summed E-state index contributed by atoms with van der Waals surface area (Å²) in [5.74, 6) is 0.803. The lowest BCUT2D eigenvalue weighted by molar-refractivity contribution is 0.515. The molecule has 1 aromatic carbocycles. The van der Waals surface area contributed by atoms with Crippen LogP contribution in [0.2, 0.25) is 5.02 Å². The van der Waals surface area contributed by atoms with Gasteiger partial charge in [-0.2, -0.15) is 0 Å². The molecule has 2 rings (SSSR count). The van der Waals surface area contributed by atoms with Crippen molar-refractivity contribution in [2.75, 3.05) is 6.54 Å². The Morgan fingerprint density at radius 1 is 1.30 bits per heavy atom. The lowest BCUT2D eigenvalue weighted by Crippen LogP contribution is -2.25. The Kier molecular flexibility index (Phi) is 5.50. The van der Waals surface area contributed by atoms with E-state index in [1.54, 1.807) is 0 Å². The van der Waals surface area contributed by atoms with E-state index < -0.39 is 0 Å². The van der Waals surface area contributed by atoms with E-state index in [0.29, 0.717) is 0 Å². The standard InChI is InChI=1S/C16H20ClN3/c1-3-8-19-16(15-7-9-18-12(2)20-15)11-13-5-4-6-14(17)10-13/h4-7,9-10,16,19H,3,8,11H2,1-2H3. The number of aryl methyl sites for hydroxylation is 1.